The smallest absolute Gasteiger partial charge is 0.191 e. The Kier molecular flexibility index (Phi) is 9.01. The number of halogens is 1. The lowest BCUT2D eigenvalue weighted by atomic mass is 9.96. The van der Waals surface area contributed by atoms with Gasteiger partial charge in [0, 0.05) is 19.6 Å². The van der Waals surface area contributed by atoms with Gasteiger partial charge in [0.2, 0.25) is 0 Å². The molecular formula is C16H33IN4O. The molecule has 0 radical (unpaired) electrons. The second kappa shape index (κ2) is 9.93. The number of rotatable bonds is 7. The van der Waals surface area contributed by atoms with Gasteiger partial charge in [0.05, 0.1) is 18.2 Å². The van der Waals surface area contributed by atoms with Gasteiger partial charge in [-0.15, -0.1) is 24.0 Å². The van der Waals surface area contributed by atoms with Gasteiger partial charge in [-0.3, -0.25) is 4.99 Å². The molecular weight excluding hydrogens is 391 g/mol. The first-order chi connectivity index (χ1) is 10.1. The fraction of sp³-hybridized carbons (Fsp3) is 0.938. The Morgan fingerprint density at radius 3 is 2.64 bits per heavy atom. The van der Waals surface area contributed by atoms with E-state index in [1.165, 1.54) is 25.7 Å². The molecule has 3 unspecified atom stereocenters. The van der Waals surface area contributed by atoms with Crippen LogP contribution in [0, 0.1) is 0 Å². The number of hydrogen-bond acceptors (Lipinski definition) is 3. The predicted octanol–water partition coefficient (Wildman–Crippen LogP) is 2.21. The van der Waals surface area contributed by atoms with Crippen LogP contribution in [-0.4, -0.2) is 62.3 Å². The number of nitrogens with one attached hydrogen (secondary N) is 2. The maximum absolute atomic E-state index is 5.87. The van der Waals surface area contributed by atoms with E-state index in [9.17, 15) is 0 Å². The van der Waals surface area contributed by atoms with E-state index in [1.807, 2.05) is 7.05 Å². The van der Waals surface area contributed by atoms with Crippen molar-refractivity contribution >= 4 is 29.9 Å². The Morgan fingerprint density at radius 2 is 2.09 bits per heavy atom. The molecule has 2 heterocycles. The zero-order valence-corrected chi connectivity index (χ0v) is 16.8. The van der Waals surface area contributed by atoms with E-state index in [1.54, 1.807) is 0 Å². The molecule has 0 aromatic carbocycles. The predicted molar refractivity (Wildman–Crippen MR) is 103 cm³/mol. The van der Waals surface area contributed by atoms with Crippen molar-refractivity contribution in [3.8, 4) is 0 Å². The van der Waals surface area contributed by atoms with Crippen LogP contribution < -0.4 is 10.6 Å². The second-order valence-electron chi connectivity index (χ2n) is 6.64. The summed E-state index contributed by atoms with van der Waals surface area (Å²) in [5.41, 5.74) is 0. The molecule has 2 aliphatic heterocycles. The Hall–Kier alpha value is -0.0800. The number of nitrogens with zero attached hydrogens (tertiary/aromatic N) is 2. The summed E-state index contributed by atoms with van der Waals surface area (Å²) in [6.45, 7) is 6.61. The van der Waals surface area contributed by atoms with E-state index < -0.39 is 0 Å². The van der Waals surface area contributed by atoms with E-state index in [-0.39, 0.29) is 24.0 Å². The summed E-state index contributed by atoms with van der Waals surface area (Å²) >= 11 is 0. The van der Waals surface area contributed by atoms with Crippen LogP contribution in [0.1, 0.15) is 46.0 Å². The quantitative estimate of drug-likeness (QED) is 0.285. The van der Waals surface area contributed by atoms with Crippen molar-refractivity contribution in [3.05, 3.63) is 0 Å². The molecule has 2 rings (SSSR count). The van der Waals surface area contributed by atoms with Crippen LogP contribution in [0.2, 0.25) is 0 Å². The number of fused-ring (bicyclic) bond motifs is 2. The third kappa shape index (κ3) is 5.85. The Balaban J connectivity index is 0.00000242. The molecule has 0 aromatic rings. The summed E-state index contributed by atoms with van der Waals surface area (Å²) in [4.78, 5) is 6.71. The maximum atomic E-state index is 5.87. The third-order valence-electron chi connectivity index (χ3n) is 4.76. The summed E-state index contributed by atoms with van der Waals surface area (Å²) in [6, 6.07) is 1.08. The molecule has 6 heteroatoms. The maximum Gasteiger partial charge on any atom is 0.191 e. The number of hydrogen-bond donors (Lipinski definition) is 2. The molecule has 2 aliphatic rings. The fourth-order valence-electron chi connectivity index (χ4n) is 3.11. The van der Waals surface area contributed by atoms with Crippen molar-refractivity contribution in [2.45, 2.75) is 70.2 Å². The highest BCUT2D eigenvalue weighted by Crippen LogP contribution is 2.34. The highest BCUT2D eigenvalue weighted by atomic mass is 127. The standard InChI is InChI=1S/C16H32N4O.HI/c1-12(2)20(4)10-6-5-9-18-16(17-3)19-14-11-13-7-8-15(14)21-13;/h12-15H,5-11H2,1-4H3,(H2,17,18,19);1H. The van der Waals surface area contributed by atoms with Gasteiger partial charge in [0.1, 0.15) is 0 Å². The molecule has 0 aromatic heterocycles. The highest BCUT2D eigenvalue weighted by Gasteiger charge is 2.40. The van der Waals surface area contributed by atoms with Crippen LogP contribution in [0.15, 0.2) is 4.99 Å². The van der Waals surface area contributed by atoms with Gasteiger partial charge in [-0.05, 0) is 59.5 Å². The molecule has 0 spiro atoms. The van der Waals surface area contributed by atoms with Crippen molar-refractivity contribution in [2.75, 3.05) is 27.2 Å². The lowest BCUT2D eigenvalue weighted by Crippen LogP contribution is -2.47. The van der Waals surface area contributed by atoms with Gasteiger partial charge in [-0.25, -0.2) is 0 Å². The van der Waals surface area contributed by atoms with Gasteiger partial charge < -0.3 is 20.3 Å². The fourth-order valence-corrected chi connectivity index (χ4v) is 3.11. The van der Waals surface area contributed by atoms with Crippen LogP contribution in [0.25, 0.3) is 0 Å². The average molecular weight is 424 g/mol. The molecule has 0 saturated carbocycles. The molecule has 22 heavy (non-hydrogen) atoms. The number of ether oxygens (including phenoxy) is 1. The molecule has 5 nitrogen and oxygen atoms in total. The third-order valence-corrected chi connectivity index (χ3v) is 4.76. The van der Waals surface area contributed by atoms with Crippen molar-refractivity contribution in [1.29, 1.82) is 0 Å². The lowest BCUT2D eigenvalue weighted by molar-refractivity contribution is 0.0992. The van der Waals surface area contributed by atoms with E-state index in [0.717, 1.165) is 25.5 Å². The van der Waals surface area contributed by atoms with E-state index in [2.05, 4.69) is 41.4 Å². The van der Waals surface area contributed by atoms with Crippen LogP contribution in [0.3, 0.4) is 0 Å². The van der Waals surface area contributed by atoms with Gasteiger partial charge in [-0.1, -0.05) is 0 Å². The van der Waals surface area contributed by atoms with Crippen molar-refractivity contribution in [2.24, 2.45) is 4.99 Å². The van der Waals surface area contributed by atoms with E-state index in [0.29, 0.717) is 24.3 Å². The minimum atomic E-state index is 0. The first-order valence-electron chi connectivity index (χ1n) is 8.43. The minimum Gasteiger partial charge on any atom is -0.373 e. The highest BCUT2D eigenvalue weighted by molar-refractivity contribution is 14.0. The van der Waals surface area contributed by atoms with Crippen LogP contribution in [-0.2, 0) is 4.74 Å². The number of aliphatic imine (C=N–C) groups is 1. The number of unbranched alkanes of at least 4 members (excludes halogenated alkanes) is 1. The molecule has 3 atom stereocenters. The Morgan fingerprint density at radius 1 is 1.32 bits per heavy atom. The first-order valence-corrected chi connectivity index (χ1v) is 8.43. The Bertz CT molecular complexity index is 351. The van der Waals surface area contributed by atoms with Crippen molar-refractivity contribution in [3.63, 3.8) is 0 Å². The van der Waals surface area contributed by atoms with Crippen molar-refractivity contribution < 1.29 is 4.74 Å². The molecule has 2 N–H and O–H groups in total. The molecule has 0 amide bonds. The normalized spacial score (nSPS) is 27.4. The van der Waals surface area contributed by atoms with E-state index in [4.69, 9.17) is 4.74 Å². The zero-order valence-electron chi connectivity index (χ0n) is 14.5. The summed E-state index contributed by atoms with van der Waals surface area (Å²) in [5.74, 6) is 0.924. The minimum absolute atomic E-state index is 0. The van der Waals surface area contributed by atoms with Crippen LogP contribution in [0.5, 0.6) is 0 Å². The largest absolute Gasteiger partial charge is 0.373 e. The van der Waals surface area contributed by atoms with Gasteiger partial charge >= 0.3 is 0 Å². The molecule has 2 saturated heterocycles. The van der Waals surface area contributed by atoms with Crippen molar-refractivity contribution in [1.82, 2.24) is 15.5 Å². The summed E-state index contributed by atoms with van der Waals surface area (Å²) < 4.78 is 5.87. The zero-order chi connectivity index (χ0) is 15.2. The van der Waals surface area contributed by atoms with Gasteiger partial charge in [0.15, 0.2) is 5.96 Å². The average Bonchev–Trinajstić information content (AvgIpc) is 3.07. The Labute approximate surface area is 152 Å². The number of guanidine groups is 1. The summed E-state index contributed by atoms with van der Waals surface area (Å²) in [7, 11) is 4.03. The topological polar surface area (TPSA) is 48.9 Å². The molecule has 130 valence electrons. The summed E-state index contributed by atoms with van der Waals surface area (Å²) in [5, 5.41) is 6.94. The SMILES string of the molecule is CN=C(NCCCCN(C)C(C)C)NC1CC2CCC1O2.I. The molecule has 2 fully saturated rings. The van der Waals surface area contributed by atoms with Crippen LogP contribution in [0.4, 0.5) is 0 Å². The molecule has 0 aliphatic carbocycles. The van der Waals surface area contributed by atoms with Gasteiger partial charge in [-0.2, -0.15) is 0 Å². The lowest BCUT2D eigenvalue weighted by Gasteiger charge is -2.23. The van der Waals surface area contributed by atoms with Crippen LogP contribution >= 0.6 is 24.0 Å². The second-order valence-corrected chi connectivity index (χ2v) is 6.64. The molecule has 2 bridgehead atoms. The monoisotopic (exact) mass is 424 g/mol. The van der Waals surface area contributed by atoms with E-state index >= 15 is 0 Å². The van der Waals surface area contributed by atoms with Gasteiger partial charge in [0.25, 0.3) is 0 Å². The summed E-state index contributed by atoms with van der Waals surface area (Å²) in [6.07, 6.45) is 6.83. The first kappa shape index (κ1) is 20.0.